The van der Waals surface area contributed by atoms with Crippen molar-refractivity contribution >= 4 is 29.4 Å². The maximum absolute atomic E-state index is 12.3. The van der Waals surface area contributed by atoms with Crippen molar-refractivity contribution in [2.45, 2.75) is 59.5 Å². The van der Waals surface area contributed by atoms with Crippen molar-refractivity contribution in [1.29, 1.82) is 0 Å². The molecule has 3 rings (SSSR count). The topological polar surface area (TPSA) is 117 Å². The molecule has 3 amide bonds. The van der Waals surface area contributed by atoms with Gasteiger partial charge >= 0.3 is 5.97 Å². The number of likely N-dealkylation sites (N-methyl/N-ethyl adjacent to an activating group) is 1. The van der Waals surface area contributed by atoms with Crippen LogP contribution < -0.4 is 16.0 Å². The van der Waals surface area contributed by atoms with E-state index in [0.29, 0.717) is 18.7 Å². The van der Waals surface area contributed by atoms with Gasteiger partial charge in [0.2, 0.25) is 11.8 Å². The highest BCUT2D eigenvalue weighted by atomic mass is 16.5. The third kappa shape index (κ3) is 14.6. The molecule has 0 saturated heterocycles. The molecule has 9 heteroatoms. The summed E-state index contributed by atoms with van der Waals surface area (Å²) < 4.78 is 4.89. The molecule has 3 N–H and O–H groups in total. The molecule has 0 unspecified atom stereocenters. The molecule has 1 aromatic rings. The first kappa shape index (κ1) is 32.4. The van der Waals surface area contributed by atoms with Crippen molar-refractivity contribution in [3.8, 4) is 12.8 Å². The second-order valence-corrected chi connectivity index (χ2v) is 7.93. The minimum absolute atomic E-state index is 0.137. The van der Waals surface area contributed by atoms with Gasteiger partial charge in [-0.25, -0.2) is 0 Å². The van der Waals surface area contributed by atoms with Gasteiger partial charge in [0.15, 0.2) is 0 Å². The zero-order valence-corrected chi connectivity index (χ0v) is 21.9. The number of nitrogens with zero attached hydrogens (tertiary/aromatic N) is 1. The lowest BCUT2D eigenvalue weighted by Crippen LogP contribution is -2.41. The Hall–Kier alpha value is -3.64. The largest absolute Gasteiger partial charge is 0.461 e. The van der Waals surface area contributed by atoms with Crippen molar-refractivity contribution in [2.75, 3.05) is 32.0 Å². The fraction of sp³-hybridized carbons (Fsp3) is 0.481. The summed E-state index contributed by atoms with van der Waals surface area (Å²) in [6.07, 6.45) is 16.0. The van der Waals surface area contributed by atoms with Gasteiger partial charge in [-0.05, 0) is 31.2 Å². The van der Waals surface area contributed by atoms with Gasteiger partial charge in [-0.2, -0.15) is 0 Å². The summed E-state index contributed by atoms with van der Waals surface area (Å²) in [6, 6.07) is 6.81. The van der Waals surface area contributed by atoms with Crippen LogP contribution in [0, 0.1) is 12.8 Å². The number of terminal acetylenes is 1. The number of hydrogen-bond acceptors (Lipinski definition) is 6. The maximum atomic E-state index is 12.3. The van der Waals surface area contributed by atoms with Crippen molar-refractivity contribution in [3.05, 3.63) is 41.6 Å². The van der Waals surface area contributed by atoms with Gasteiger partial charge in [0.05, 0.1) is 13.1 Å². The molecule has 2 aliphatic rings. The predicted molar refractivity (Wildman–Crippen MR) is 142 cm³/mol. The van der Waals surface area contributed by atoms with E-state index >= 15 is 0 Å². The van der Waals surface area contributed by atoms with Crippen molar-refractivity contribution in [1.82, 2.24) is 15.5 Å². The Bertz CT molecular complexity index is 873. The maximum Gasteiger partial charge on any atom is 0.302 e. The minimum atomic E-state index is -0.464. The van der Waals surface area contributed by atoms with E-state index in [2.05, 4.69) is 42.6 Å². The molecular formula is C27H40N4O5. The number of benzene rings is 1. The van der Waals surface area contributed by atoms with Gasteiger partial charge < -0.3 is 25.6 Å². The predicted octanol–water partition coefficient (Wildman–Crippen LogP) is 2.98. The van der Waals surface area contributed by atoms with Crippen molar-refractivity contribution < 1.29 is 23.9 Å². The number of amides is 3. The Morgan fingerprint density at radius 3 is 2.08 bits per heavy atom. The second kappa shape index (κ2) is 19.6. The van der Waals surface area contributed by atoms with Crippen LogP contribution >= 0.6 is 0 Å². The van der Waals surface area contributed by atoms with Gasteiger partial charge in [0.25, 0.3) is 5.91 Å². The molecule has 9 nitrogen and oxygen atoms in total. The van der Waals surface area contributed by atoms with Crippen LogP contribution in [0.3, 0.4) is 0 Å². The summed E-state index contributed by atoms with van der Waals surface area (Å²) in [5, 5.41) is 7.95. The van der Waals surface area contributed by atoms with Crippen LogP contribution in [0.5, 0.6) is 0 Å². The number of ether oxygens (including phenoxy) is 1. The molecule has 1 fully saturated rings. The van der Waals surface area contributed by atoms with Gasteiger partial charge in [0.1, 0.15) is 12.3 Å². The molecule has 0 atom stereocenters. The number of hydrogen-bond donors (Lipinski definition) is 3. The molecule has 0 aromatic heterocycles. The number of esters is 1. The third-order valence-electron chi connectivity index (χ3n) is 4.29. The van der Waals surface area contributed by atoms with E-state index in [9.17, 15) is 19.2 Å². The minimum Gasteiger partial charge on any atom is -0.461 e. The first-order valence-electron chi connectivity index (χ1n) is 12.1. The van der Waals surface area contributed by atoms with E-state index in [1.165, 1.54) is 37.5 Å². The summed E-state index contributed by atoms with van der Waals surface area (Å²) in [5.41, 5.74) is 1.61. The van der Waals surface area contributed by atoms with Crippen LogP contribution in [-0.2, 0) is 30.5 Å². The summed E-state index contributed by atoms with van der Waals surface area (Å²) in [4.78, 5) is 48.5. The van der Waals surface area contributed by atoms with E-state index in [-0.39, 0.29) is 37.3 Å². The Labute approximate surface area is 215 Å². The summed E-state index contributed by atoms with van der Waals surface area (Å²) in [7, 11) is 1.66. The summed E-state index contributed by atoms with van der Waals surface area (Å²) in [6.45, 7) is 6.12. The van der Waals surface area contributed by atoms with Crippen LogP contribution in [0.4, 0.5) is 5.69 Å². The van der Waals surface area contributed by atoms with E-state index < -0.39 is 11.8 Å². The van der Waals surface area contributed by atoms with Crippen molar-refractivity contribution in [3.63, 3.8) is 0 Å². The van der Waals surface area contributed by atoms with Crippen LogP contribution in [0.1, 0.15) is 58.4 Å². The smallest absolute Gasteiger partial charge is 0.302 e. The highest BCUT2D eigenvalue weighted by molar-refractivity contribution is 6.01. The average Bonchev–Trinajstić information content (AvgIpc) is 3.67. The van der Waals surface area contributed by atoms with Crippen LogP contribution in [0.25, 0.3) is 0 Å². The number of nitrogens with one attached hydrogen (secondary N) is 3. The lowest BCUT2D eigenvalue weighted by atomic mass is 10.2. The summed E-state index contributed by atoms with van der Waals surface area (Å²) in [5.74, 6) is -1.42. The fourth-order valence-electron chi connectivity index (χ4n) is 2.61. The normalized spacial score (nSPS) is 12.6. The van der Waals surface area contributed by atoms with Crippen LogP contribution in [-0.4, -0.2) is 55.3 Å². The highest BCUT2D eigenvalue weighted by Gasteiger charge is 2.26. The average molecular weight is 501 g/mol. The molecule has 0 spiro atoms. The van der Waals surface area contributed by atoms with Gasteiger partial charge in [-0.15, -0.1) is 12.8 Å². The number of rotatable bonds is 8. The molecule has 0 radical (unpaired) electrons. The lowest BCUT2D eigenvalue weighted by molar-refractivity contribution is -0.142. The van der Waals surface area contributed by atoms with Gasteiger partial charge in [-0.3, -0.25) is 19.2 Å². The first-order valence-corrected chi connectivity index (χ1v) is 12.1. The Morgan fingerprint density at radius 1 is 1.00 bits per heavy atom. The van der Waals surface area contributed by atoms with Crippen LogP contribution in [0.2, 0.25) is 0 Å². The Morgan fingerprint density at radius 2 is 1.58 bits per heavy atom. The Kier molecular flexibility index (Phi) is 17.7. The molecule has 1 aliphatic heterocycles. The quantitative estimate of drug-likeness (QED) is 0.373. The van der Waals surface area contributed by atoms with Gasteiger partial charge in [-0.1, -0.05) is 57.7 Å². The van der Waals surface area contributed by atoms with E-state index in [4.69, 9.17) is 4.74 Å². The molecule has 1 saturated carbocycles. The molecule has 1 heterocycles. The fourth-order valence-corrected chi connectivity index (χ4v) is 2.61. The lowest BCUT2D eigenvalue weighted by Gasteiger charge is -2.19. The van der Waals surface area contributed by atoms with E-state index in [1.807, 2.05) is 0 Å². The molecule has 1 aliphatic carbocycles. The molecule has 1 aromatic carbocycles. The van der Waals surface area contributed by atoms with Crippen LogP contribution in [0.15, 0.2) is 36.0 Å². The highest BCUT2D eigenvalue weighted by Crippen LogP contribution is 2.15. The Balaban J connectivity index is 0.00000133. The van der Waals surface area contributed by atoms with Crippen molar-refractivity contribution in [2.24, 2.45) is 0 Å². The van der Waals surface area contributed by atoms with E-state index in [0.717, 1.165) is 5.56 Å². The van der Waals surface area contributed by atoms with Gasteiger partial charge in [0, 0.05) is 19.2 Å². The third-order valence-corrected chi connectivity index (χ3v) is 4.29. The molecule has 0 bridgehead atoms. The SMILES string of the molecule is C#C.C1CC1.CCC.CNCC(=O)N1CCC=C1C(=O)NCC(=O)Nc1ccc(COC(C)=O)cc1. The zero-order valence-electron chi connectivity index (χ0n) is 21.9. The second-order valence-electron chi connectivity index (χ2n) is 7.93. The number of carbonyl (C=O) groups excluding carboxylic acids is 4. The number of carbonyl (C=O) groups is 4. The van der Waals surface area contributed by atoms with E-state index in [1.54, 1.807) is 37.4 Å². The molecular weight excluding hydrogens is 460 g/mol. The summed E-state index contributed by atoms with van der Waals surface area (Å²) >= 11 is 0. The molecule has 198 valence electrons. The first-order chi connectivity index (χ1) is 17.3. The standard InChI is InChI=1S/C19H24N4O5.C3H6.C3H8.C2H2/c1-13(24)28-12-14-5-7-15(8-6-14)22-17(25)10-21-19(27)16-4-3-9-23(16)18(26)11-20-2;1-2-3-1;1-3-2;1-2/h4-8,20H,3,9-12H2,1-2H3,(H,21,27)(H,22,25);1-3H2;3H2,1-2H3;1-2H. The number of anilines is 1. The molecule has 36 heavy (non-hydrogen) atoms. The zero-order chi connectivity index (χ0) is 27.3. The monoisotopic (exact) mass is 500 g/mol.